The van der Waals surface area contributed by atoms with E-state index in [-0.39, 0.29) is 12.5 Å². The molecular formula is C17H17ClN4O. The first-order valence-corrected chi connectivity index (χ1v) is 7.60. The van der Waals surface area contributed by atoms with Crippen molar-refractivity contribution in [3.63, 3.8) is 0 Å². The number of rotatable bonds is 3. The van der Waals surface area contributed by atoms with E-state index in [0.29, 0.717) is 10.8 Å². The molecule has 118 valence electrons. The Hall–Kier alpha value is -2.37. The first-order valence-electron chi connectivity index (χ1n) is 7.22. The highest BCUT2D eigenvalue weighted by Crippen LogP contribution is 2.31. The fourth-order valence-electron chi connectivity index (χ4n) is 2.51. The van der Waals surface area contributed by atoms with Crippen molar-refractivity contribution < 1.29 is 4.79 Å². The molecule has 1 amide bonds. The third-order valence-corrected chi connectivity index (χ3v) is 4.00. The number of imidazole rings is 1. The highest BCUT2D eigenvalue weighted by molar-refractivity contribution is 6.31. The predicted octanol–water partition coefficient (Wildman–Crippen LogP) is 3.11. The average molecular weight is 329 g/mol. The van der Waals surface area contributed by atoms with Crippen LogP contribution in [0.5, 0.6) is 0 Å². The molecule has 3 aromatic rings. The van der Waals surface area contributed by atoms with Crippen LogP contribution in [0.3, 0.4) is 0 Å². The number of nitrogens with two attached hydrogens (primary N) is 1. The smallest absolute Gasteiger partial charge is 0.240 e. The van der Waals surface area contributed by atoms with Gasteiger partial charge in [-0.05, 0) is 37.3 Å². The number of nitrogens with zero attached hydrogens (tertiary/aromatic N) is 2. The summed E-state index contributed by atoms with van der Waals surface area (Å²) in [4.78, 5) is 21.4. The van der Waals surface area contributed by atoms with E-state index in [1.165, 1.54) is 0 Å². The van der Waals surface area contributed by atoms with Gasteiger partial charge in [0, 0.05) is 17.6 Å². The number of aromatic nitrogens is 2. The molecule has 0 unspecified atom stereocenters. The highest BCUT2D eigenvalue weighted by Gasteiger charge is 2.17. The van der Waals surface area contributed by atoms with Crippen LogP contribution in [0.25, 0.3) is 22.4 Å². The lowest BCUT2D eigenvalue weighted by atomic mass is 10.1. The number of anilines is 1. The molecule has 0 saturated carbocycles. The van der Waals surface area contributed by atoms with Crippen LogP contribution in [0.4, 0.5) is 5.69 Å². The Morgan fingerprint density at radius 1 is 1.30 bits per heavy atom. The van der Waals surface area contributed by atoms with Gasteiger partial charge in [-0.3, -0.25) is 4.79 Å². The number of nitrogens with one attached hydrogen (secondary N) is 1. The van der Waals surface area contributed by atoms with Gasteiger partial charge < -0.3 is 15.6 Å². The summed E-state index contributed by atoms with van der Waals surface area (Å²) in [6.45, 7) is 1.96. The van der Waals surface area contributed by atoms with Crippen molar-refractivity contribution >= 4 is 34.2 Å². The third-order valence-electron chi connectivity index (χ3n) is 3.76. The van der Waals surface area contributed by atoms with Gasteiger partial charge in [0.2, 0.25) is 5.91 Å². The second-order valence-electron chi connectivity index (χ2n) is 5.42. The minimum atomic E-state index is -0.158. The maximum Gasteiger partial charge on any atom is 0.240 e. The van der Waals surface area contributed by atoms with E-state index < -0.39 is 0 Å². The molecule has 0 saturated heterocycles. The lowest BCUT2D eigenvalue weighted by Crippen LogP contribution is -2.32. The molecule has 3 rings (SSSR count). The summed E-state index contributed by atoms with van der Waals surface area (Å²) >= 11 is 6.03. The molecule has 23 heavy (non-hydrogen) atoms. The Balaban J connectivity index is 2.16. The van der Waals surface area contributed by atoms with Gasteiger partial charge in [0.25, 0.3) is 0 Å². The summed E-state index contributed by atoms with van der Waals surface area (Å²) in [7, 11) is 1.71. The van der Waals surface area contributed by atoms with E-state index in [1.54, 1.807) is 18.0 Å². The second-order valence-corrected chi connectivity index (χ2v) is 5.86. The van der Waals surface area contributed by atoms with Crippen molar-refractivity contribution in [3.8, 4) is 11.4 Å². The van der Waals surface area contributed by atoms with Gasteiger partial charge in [-0.25, -0.2) is 4.98 Å². The van der Waals surface area contributed by atoms with E-state index >= 15 is 0 Å². The van der Waals surface area contributed by atoms with Crippen LogP contribution in [0.2, 0.25) is 5.02 Å². The maximum atomic E-state index is 12.0. The van der Waals surface area contributed by atoms with Crippen molar-refractivity contribution in [3.05, 3.63) is 47.0 Å². The van der Waals surface area contributed by atoms with E-state index in [4.69, 9.17) is 17.3 Å². The predicted molar refractivity (Wildman–Crippen MR) is 93.7 cm³/mol. The zero-order valence-electron chi connectivity index (χ0n) is 12.9. The molecule has 0 fully saturated rings. The number of aromatic amines is 1. The molecule has 3 N–H and O–H groups in total. The van der Waals surface area contributed by atoms with Crippen molar-refractivity contribution in [1.82, 2.24) is 9.97 Å². The lowest BCUT2D eigenvalue weighted by molar-refractivity contribution is -0.117. The first kappa shape index (κ1) is 15.5. The average Bonchev–Trinajstić information content (AvgIpc) is 2.96. The van der Waals surface area contributed by atoms with Gasteiger partial charge in [0.1, 0.15) is 5.82 Å². The standard InChI is InChI=1S/C17H17ClN4O/c1-10-3-6-15(22(2)16(23)9-19)12(7-10)17-20-13-5-4-11(18)8-14(13)21-17/h3-8H,9,19H2,1-2H3,(H,20,21). The SMILES string of the molecule is Cc1ccc(N(C)C(=O)CN)c(-c2nc3ccc(Cl)cc3[nH]2)c1. The van der Waals surface area contributed by atoms with E-state index in [9.17, 15) is 4.79 Å². The van der Waals surface area contributed by atoms with Gasteiger partial charge in [0.05, 0.1) is 23.3 Å². The minimum Gasteiger partial charge on any atom is -0.338 e. The van der Waals surface area contributed by atoms with Gasteiger partial charge >= 0.3 is 0 Å². The summed E-state index contributed by atoms with van der Waals surface area (Å²) in [5.74, 6) is 0.534. The Labute approximate surface area is 139 Å². The van der Waals surface area contributed by atoms with Crippen LogP contribution in [0.15, 0.2) is 36.4 Å². The number of carbonyl (C=O) groups excluding carboxylic acids is 1. The molecule has 5 nitrogen and oxygen atoms in total. The molecule has 0 spiro atoms. The van der Waals surface area contributed by atoms with E-state index in [2.05, 4.69) is 9.97 Å². The minimum absolute atomic E-state index is 0.0421. The molecule has 0 aliphatic rings. The quantitative estimate of drug-likeness (QED) is 0.775. The number of carbonyl (C=O) groups is 1. The number of fused-ring (bicyclic) bond motifs is 1. The Morgan fingerprint density at radius 3 is 2.83 bits per heavy atom. The van der Waals surface area contributed by atoms with Crippen LogP contribution < -0.4 is 10.6 Å². The zero-order valence-corrected chi connectivity index (χ0v) is 13.7. The fraction of sp³-hybridized carbons (Fsp3) is 0.176. The normalized spacial score (nSPS) is 11.0. The summed E-state index contributed by atoms with van der Waals surface area (Å²) in [6.07, 6.45) is 0. The zero-order chi connectivity index (χ0) is 16.6. The largest absolute Gasteiger partial charge is 0.338 e. The summed E-state index contributed by atoms with van der Waals surface area (Å²) in [5, 5.41) is 0.646. The van der Waals surface area contributed by atoms with E-state index in [0.717, 1.165) is 27.8 Å². The molecular weight excluding hydrogens is 312 g/mol. The number of hydrogen-bond acceptors (Lipinski definition) is 3. The number of amides is 1. The second kappa shape index (κ2) is 6.02. The molecule has 0 aliphatic carbocycles. The summed E-state index contributed by atoms with van der Waals surface area (Å²) in [5.41, 5.74) is 9.84. The van der Waals surface area contributed by atoms with Crippen LogP contribution in [0.1, 0.15) is 5.56 Å². The molecule has 0 aliphatic heterocycles. The summed E-state index contributed by atoms with van der Waals surface area (Å²) < 4.78 is 0. The van der Waals surface area contributed by atoms with E-state index in [1.807, 2.05) is 37.3 Å². The number of hydrogen-bond donors (Lipinski definition) is 2. The van der Waals surface area contributed by atoms with Crippen molar-refractivity contribution in [2.24, 2.45) is 5.73 Å². The van der Waals surface area contributed by atoms with Crippen molar-refractivity contribution in [1.29, 1.82) is 0 Å². The maximum absolute atomic E-state index is 12.0. The number of benzene rings is 2. The van der Waals surface area contributed by atoms with Crippen LogP contribution in [-0.4, -0.2) is 29.5 Å². The Morgan fingerprint density at radius 2 is 2.09 bits per heavy atom. The monoisotopic (exact) mass is 328 g/mol. The first-order chi connectivity index (χ1) is 11.0. The van der Waals surface area contributed by atoms with Crippen LogP contribution in [0, 0.1) is 6.92 Å². The Kier molecular flexibility index (Phi) is 4.07. The Bertz CT molecular complexity index is 887. The number of aryl methyl sites for hydroxylation is 1. The molecule has 0 atom stereocenters. The lowest BCUT2D eigenvalue weighted by Gasteiger charge is -2.19. The molecule has 2 aromatic carbocycles. The van der Waals surface area contributed by atoms with Gasteiger partial charge in [-0.1, -0.05) is 23.2 Å². The van der Waals surface area contributed by atoms with Crippen molar-refractivity contribution in [2.45, 2.75) is 6.92 Å². The van der Waals surface area contributed by atoms with Gasteiger partial charge in [-0.15, -0.1) is 0 Å². The highest BCUT2D eigenvalue weighted by atomic mass is 35.5. The molecule has 0 bridgehead atoms. The summed E-state index contributed by atoms with van der Waals surface area (Å²) in [6, 6.07) is 11.3. The van der Waals surface area contributed by atoms with Crippen molar-refractivity contribution in [2.75, 3.05) is 18.5 Å². The third kappa shape index (κ3) is 2.93. The van der Waals surface area contributed by atoms with Gasteiger partial charge in [0.15, 0.2) is 0 Å². The molecule has 0 radical (unpaired) electrons. The number of H-pyrrole nitrogens is 1. The van der Waals surface area contributed by atoms with Crippen LogP contribution in [-0.2, 0) is 4.79 Å². The molecule has 1 heterocycles. The molecule has 1 aromatic heterocycles. The number of likely N-dealkylation sites (N-methyl/N-ethyl adjacent to an activating group) is 1. The topological polar surface area (TPSA) is 75.0 Å². The number of halogens is 1. The fourth-order valence-corrected chi connectivity index (χ4v) is 2.68. The molecule has 6 heteroatoms. The van der Waals surface area contributed by atoms with Crippen LogP contribution >= 0.6 is 11.6 Å². The van der Waals surface area contributed by atoms with Gasteiger partial charge in [-0.2, -0.15) is 0 Å².